The number of hydrogen-bond donors (Lipinski definition) is 2. The van der Waals surface area contributed by atoms with Gasteiger partial charge in [0.15, 0.2) is 0 Å². The van der Waals surface area contributed by atoms with Crippen molar-refractivity contribution in [3.05, 3.63) is 0 Å². The molecular weight excluding hydrogens is 236 g/mol. The van der Waals surface area contributed by atoms with Crippen molar-refractivity contribution in [1.29, 1.82) is 0 Å². The molecule has 2 N–H and O–H groups in total. The van der Waals surface area contributed by atoms with Crippen LogP contribution < -0.4 is 10.6 Å². The molecule has 19 heavy (non-hydrogen) atoms. The van der Waals surface area contributed by atoms with Crippen LogP contribution >= 0.6 is 0 Å². The molecule has 0 radical (unpaired) electrons. The maximum Gasteiger partial charge on any atom is 0.220 e. The van der Waals surface area contributed by atoms with Crippen LogP contribution in [0.15, 0.2) is 0 Å². The molecule has 112 valence electrons. The van der Waals surface area contributed by atoms with E-state index >= 15 is 0 Å². The van der Waals surface area contributed by atoms with Gasteiger partial charge in [-0.1, -0.05) is 46.0 Å². The molecule has 0 aliphatic carbocycles. The van der Waals surface area contributed by atoms with E-state index in [1.165, 1.54) is 44.9 Å². The summed E-state index contributed by atoms with van der Waals surface area (Å²) in [6.45, 7) is 7.48. The number of carbonyl (C=O) groups excluding carboxylic acids is 1. The quantitative estimate of drug-likeness (QED) is 0.630. The van der Waals surface area contributed by atoms with Crippen molar-refractivity contribution < 1.29 is 4.79 Å². The van der Waals surface area contributed by atoms with E-state index in [9.17, 15) is 4.79 Å². The Kier molecular flexibility index (Phi) is 8.11. The summed E-state index contributed by atoms with van der Waals surface area (Å²) in [4.78, 5) is 11.8. The summed E-state index contributed by atoms with van der Waals surface area (Å²) < 4.78 is 0. The average Bonchev–Trinajstić information content (AvgIpc) is 2.41. The number of hydrogen-bond acceptors (Lipinski definition) is 2. The second-order valence-corrected chi connectivity index (χ2v) is 6.39. The van der Waals surface area contributed by atoms with Gasteiger partial charge in [-0.05, 0) is 31.2 Å². The Morgan fingerprint density at radius 3 is 2.63 bits per heavy atom. The van der Waals surface area contributed by atoms with Gasteiger partial charge in [-0.15, -0.1) is 0 Å². The van der Waals surface area contributed by atoms with Crippen molar-refractivity contribution in [3.8, 4) is 0 Å². The number of piperidine rings is 1. The van der Waals surface area contributed by atoms with Gasteiger partial charge in [-0.3, -0.25) is 4.79 Å². The third kappa shape index (κ3) is 7.56. The lowest BCUT2D eigenvalue weighted by atomic mass is 9.83. The van der Waals surface area contributed by atoms with Crippen molar-refractivity contribution in [2.45, 2.75) is 71.6 Å². The predicted octanol–water partition coefficient (Wildman–Crippen LogP) is 3.24. The fourth-order valence-electron chi connectivity index (χ4n) is 2.74. The number of carbonyl (C=O) groups is 1. The zero-order valence-electron chi connectivity index (χ0n) is 12.9. The number of amides is 1. The van der Waals surface area contributed by atoms with Crippen molar-refractivity contribution in [1.82, 2.24) is 10.6 Å². The third-order valence-corrected chi connectivity index (χ3v) is 4.16. The molecule has 1 unspecified atom stereocenters. The standard InChI is InChI=1S/C16H32N2O/c1-3-4-5-6-7-8-10-15(19)18-14-16(2)11-9-12-17-13-16/h17H,3-14H2,1-2H3,(H,18,19). The third-order valence-electron chi connectivity index (χ3n) is 4.16. The second-order valence-electron chi connectivity index (χ2n) is 6.39. The van der Waals surface area contributed by atoms with Crippen LogP contribution in [0.5, 0.6) is 0 Å². The molecular formula is C16H32N2O. The molecule has 0 aromatic rings. The topological polar surface area (TPSA) is 41.1 Å². The normalized spacial score (nSPS) is 23.3. The van der Waals surface area contributed by atoms with Crippen LogP contribution in [0.2, 0.25) is 0 Å². The van der Waals surface area contributed by atoms with E-state index in [-0.39, 0.29) is 11.3 Å². The molecule has 1 saturated heterocycles. The highest BCUT2D eigenvalue weighted by Gasteiger charge is 2.26. The fraction of sp³-hybridized carbons (Fsp3) is 0.938. The maximum absolute atomic E-state index is 11.8. The number of nitrogens with one attached hydrogen (secondary N) is 2. The highest BCUT2D eigenvalue weighted by Crippen LogP contribution is 2.24. The molecule has 0 aromatic carbocycles. The molecule has 3 nitrogen and oxygen atoms in total. The van der Waals surface area contributed by atoms with E-state index in [1.54, 1.807) is 0 Å². The largest absolute Gasteiger partial charge is 0.356 e. The first-order valence-corrected chi connectivity index (χ1v) is 8.14. The summed E-state index contributed by atoms with van der Waals surface area (Å²) in [5.41, 5.74) is 0.259. The molecule has 1 amide bonds. The van der Waals surface area contributed by atoms with Gasteiger partial charge in [0, 0.05) is 19.5 Å². The Bertz CT molecular complexity index is 247. The Hall–Kier alpha value is -0.570. The van der Waals surface area contributed by atoms with E-state index in [0.717, 1.165) is 26.1 Å². The van der Waals surface area contributed by atoms with Crippen LogP contribution in [0, 0.1) is 5.41 Å². The van der Waals surface area contributed by atoms with E-state index in [2.05, 4.69) is 24.5 Å². The highest BCUT2D eigenvalue weighted by molar-refractivity contribution is 5.75. The van der Waals surface area contributed by atoms with Crippen LogP contribution in [0.1, 0.15) is 71.6 Å². The minimum Gasteiger partial charge on any atom is -0.356 e. The fourth-order valence-corrected chi connectivity index (χ4v) is 2.74. The molecule has 0 saturated carbocycles. The molecule has 0 aromatic heterocycles. The van der Waals surface area contributed by atoms with Gasteiger partial charge in [0.2, 0.25) is 5.91 Å². The second kappa shape index (κ2) is 9.35. The highest BCUT2D eigenvalue weighted by atomic mass is 16.1. The van der Waals surface area contributed by atoms with Gasteiger partial charge >= 0.3 is 0 Å². The first kappa shape index (κ1) is 16.5. The maximum atomic E-state index is 11.8. The van der Waals surface area contributed by atoms with Crippen LogP contribution in [-0.4, -0.2) is 25.5 Å². The molecule has 1 heterocycles. The van der Waals surface area contributed by atoms with E-state index in [0.29, 0.717) is 6.42 Å². The van der Waals surface area contributed by atoms with Gasteiger partial charge in [0.05, 0.1) is 0 Å². The van der Waals surface area contributed by atoms with Crippen molar-refractivity contribution in [2.24, 2.45) is 5.41 Å². The SMILES string of the molecule is CCCCCCCCC(=O)NCC1(C)CCCNC1. The Labute approximate surface area is 118 Å². The molecule has 1 aliphatic heterocycles. The summed E-state index contributed by atoms with van der Waals surface area (Å²) in [5.74, 6) is 0.238. The minimum atomic E-state index is 0.238. The Morgan fingerprint density at radius 1 is 1.21 bits per heavy atom. The van der Waals surface area contributed by atoms with Crippen molar-refractivity contribution in [3.63, 3.8) is 0 Å². The van der Waals surface area contributed by atoms with E-state index in [1.807, 2.05) is 0 Å². The van der Waals surface area contributed by atoms with Gasteiger partial charge in [-0.2, -0.15) is 0 Å². The van der Waals surface area contributed by atoms with Crippen LogP contribution in [0.25, 0.3) is 0 Å². The van der Waals surface area contributed by atoms with Crippen LogP contribution in [0.3, 0.4) is 0 Å². The lowest BCUT2D eigenvalue weighted by molar-refractivity contribution is -0.121. The van der Waals surface area contributed by atoms with Gasteiger partial charge in [-0.25, -0.2) is 0 Å². The van der Waals surface area contributed by atoms with Crippen molar-refractivity contribution >= 4 is 5.91 Å². The zero-order valence-corrected chi connectivity index (χ0v) is 12.9. The number of unbranched alkanes of at least 4 members (excludes halogenated alkanes) is 5. The molecule has 3 heteroatoms. The summed E-state index contributed by atoms with van der Waals surface area (Å²) in [6.07, 6.45) is 10.6. The molecule has 1 atom stereocenters. The molecule has 1 rings (SSSR count). The van der Waals surface area contributed by atoms with E-state index < -0.39 is 0 Å². The zero-order chi connectivity index (χ0) is 14.0. The predicted molar refractivity (Wildman–Crippen MR) is 81.2 cm³/mol. The van der Waals surface area contributed by atoms with Crippen molar-refractivity contribution in [2.75, 3.05) is 19.6 Å². The Morgan fingerprint density at radius 2 is 1.95 bits per heavy atom. The van der Waals surface area contributed by atoms with Gasteiger partial charge in [0.1, 0.15) is 0 Å². The smallest absolute Gasteiger partial charge is 0.220 e. The summed E-state index contributed by atoms with van der Waals surface area (Å²) in [7, 11) is 0. The summed E-state index contributed by atoms with van der Waals surface area (Å²) >= 11 is 0. The van der Waals surface area contributed by atoms with Gasteiger partial charge < -0.3 is 10.6 Å². The first-order valence-electron chi connectivity index (χ1n) is 8.14. The molecule has 1 fully saturated rings. The average molecular weight is 268 g/mol. The lowest BCUT2D eigenvalue weighted by Gasteiger charge is -2.34. The van der Waals surface area contributed by atoms with Crippen LogP contribution in [-0.2, 0) is 4.79 Å². The number of rotatable bonds is 9. The molecule has 1 aliphatic rings. The van der Waals surface area contributed by atoms with Gasteiger partial charge in [0.25, 0.3) is 0 Å². The summed E-state index contributed by atoms with van der Waals surface area (Å²) in [5, 5.41) is 6.54. The molecule has 0 bridgehead atoms. The van der Waals surface area contributed by atoms with Crippen LogP contribution in [0.4, 0.5) is 0 Å². The molecule has 0 spiro atoms. The monoisotopic (exact) mass is 268 g/mol. The van der Waals surface area contributed by atoms with E-state index in [4.69, 9.17) is 0 Å². The lowest BCUT2D eigenvalue weighted by Crippen LogP contribution is -2.45. The minimum absolute atomic E-state index is 0.238. The first-order chi connectivity index (χ1) is 9.16. The summed E-state index contributed by atoms with van der Waals surface area (Å²) in [6, 6.07) is 0. The Balaban J connectivity index is 2.01.